The van der Waals surface area contributed by atoms with Crippen molar-refractivity contribution >= 4 is 9.84 Å². The lowest BCUT2D eigenvalue weighted by Gasteiger charge is -2.15. The normalized spacial score (nSPS) is 11.2. The van der Waals surface area contributed by atoms with Crippen LogP contribution in [0.1, 0.15) is 12.0 Å². The molecule has 6 nitrogen and oxygen atoms in total. The molecule has 0 saturated carbocycles. The summed E-state index contributed by atoms with van der Waals surface area (Å²) in [7, 11) is 1.84. The molecule has 0 aliphatic rings. The standard InChI is InChI=1S/C14H23NO5S/c1-18-11-8-13(19-2)12(14(9-11)20-3)10-15-6-5-7-21(4,16)17/h8-9,15H,5-7,10H2,1-4H3. The molecule has 0 aliphatic heterocycles. The highest BCUT2D eigenvalue weighted by molar-refractivity contribution is 7.90. The second-order valence-corrected chi connectivity index (χ2v) is 6.93. The molecule has 0 unspecified atom stereocenters. The average Bonchev–Trinajstić information content (AvgIpc) is 2.45. The van der Waals surface area contributed by atoms with Gasteiger partial charge in [0.1, 0.15) is 27.1 Å². The van der Waals surface area contributed by atoms with Gasteiger partial charge in [-0.15, -0.1) is 0 Å². The van der Waals surface area contributed by atoms with Gasteiger partial charge in [-0.3, -0.25) is 0 Å². The average molecular weight is 317 g/mol. The predicted molar refractivity (Wildman–Crippen MR) is 82.1 cm³/mol. The van der Waals surface area contributed by atoms with Gasteiger partial charge < -0.3 is 19.5 Å². The molecule has 1 aromatic rings. The lowest BCUT2D eigenvalue weighted by Crippen LogP contribution is -2.18. The molecule has 0 atom stereocenters. The van der Waals surface area contributed by atoms with Crippen LogP contribution in [0.3, 0.4) is 0 Å². The fourth-order valence-corrected chi connectivity index (χ4v) is 2.59. The maximum atomic E-state index is 11.1. The van der Waals surface area contributed by atoms with Crippen molar-refractivity contribution in [3.8, 4) is 17.2 Å². The molecule has 0 heterocycles. The lowest BCUT2D eigenvalue weighted by atomic mass is 10.1. The minimum atomic E-state index is -2.91. The van der Waals surface area contributed by atoms with Gasteiger partial charge in [0.05, 0.1) is 32.6 Å². The van der Waals surface area contributed by atoms with Crippen molar-refractivity contribution in [2.75, 3.05) is 39.9 Å². The SMILES string of the molecule is COc1cc(OC)c(CNCCCS(C)(=O)=O)c(OC)c1. The monoisotopic (exact) mass is 317 g/mol. The summed E-state index contributed by atoms with van der Waals surface area (Å²) in [6.45, 7) is 1.13. The topological polar surface area (TPSA) is 73.9 Å². The van der Waals surface area contributed by atoms with E-state index in [4.69, 9.17) is 14.2 Å². The summed E-state index contributed by atoms with van der Waals surface area (Å²) in [6.07, 6.45) is 1.81. The molecule has 0 aromatic heterocycles. The second kappa shape index (κ2) is 8.09. The molecule has 0 bridgehead atoms. The molecule has 1 N–H and O–H groups in total. The third-order valence-corrected chi connectivity index (χ3v) is 4.02. The van der Waals surface area contributed by atoms with E-state index in [0.717, 1.165) is 5.56 Å². The molecular weight excluding hydrogens is 294 g/mol. The van der Waals surface area contributed by atoms with Gasteiger partial charge in [-0.2, -0.15) is 0 Å². The third-order valence-electron chi connectivity index (χ3n) is 2.99. The fourth-order valence-electron chi connectivity index (χ4n) is 1.92. The van der Waals surface area contributed by atoms with E-state index in [1.807, 2.05) is 0 Å². The first-order valence-electron chi connectivity index (χ1n) is 6.58. The summed E-state index contributed by atoms with van der Waals surface area (Å²) in [5, 5.41) is 3.20. The van der Waals surface area contributed by atoms with Crippen molar-refractivity contribution in [1.29, 1.82) is 0 Å². The summed E-state index contributed by atoms with van der Waals surface area (Å²) < 4.78 is 38.0. The van der Waals surface area contributed by atoms with Crippen molar-refractivity contribution in [2.24, 2.45) is 0 Å². The van der Waals surface area contributed by atoms with Crippen LogP contribution >= 0.6 is 0 Å². The Morgan fingerprint density at radius 2 is 1.62 bits per heavy atom. The van der Waals surface area contributed by atoms with E-state index in [-0.39, 0.29) is 5.75 Å². The van der Waals surface area contributed by atoms with Crippen molar-refractivity contribution < 1.29 is 22.6 Å². The molecule has 0 radical (unpaired) electrons. The zero-order chi connectivity index (χ0) is 15.9. The molecule has 0 spiro atoms. The van der Waals surface area contributed by atoms with Crippen molar-refractivity contribution in [1.82, 2.24) is 5.32 Å². The van der Waals surface area contributed by atoms with Crippen LogP contribution < -0.4 is 19.5 Å². The smallest absolute Gasteiger partial charge is 0.147 e. The van der Waals surface area contributed by atoms with E-state index >= 15 is 0 Å². The Labute approximate surface area is 126 Å². The van der Waals surface area contributed by atoms with E-state index in [1.54, 1.807) is 33.5 Å². The number of benzene rings is 1. The Balaban J connectivity index is 2.69. The van der Waals surface area contributed by atoms with Gasteiger partial charge in [0, 0.05) is 24.9 Å². The van der Waals surface area contributed by atoms with Gasteiger partial charge in [0.25, 0.3) is 0 Å². The van der Waals surface area contributed by atoms with Gasteiger partial charge in [-0.1, -0.05) is 0 Å². The van der Waals surface area contributed by atoms with E-state index in [9.17, 15) is 8.42 Å². The Bertz CT molecular complexity index is 531. The number of sulfone groups is 1. The fraction of sp³-hybridized carbons (Fsp3) is 0.571. The van der Waals surface area contributed by atoms with Crippen molar-refractivity contribution in [3.05, 3.63) is 17.7 Å². The van der Waals surface area contributed by atoms with Crippen LogP contribution in [0, 0.1) is 0 Å². The lowest BCUT2D eigenvalue weighted by molar-refractivity contribution is 0.366. The molecule has 120 valence electrons. The predicted octanol–water partition coefficient (Wildman–Crippen LogP) is 1.24. The molecular formula is C14H23NO5S. The maximum absolute atomic E-state index is 11.1. The van der Waals surface area contributed by atoms with Gasteiger partial charge in [0.2, 0.25) is 0 Å². The molecule has 21 heavy (non-hydrogen) atoms. The second-order valence-electron chi connectivity index (χ2n) is 4.67. The van der Waals surface area contributed by atoms with Crippen LogP contribution in [0.5, 0.6) is 17.2 Å². The van der Waals surface area contributed by atoms with Crippen LogP contribution in [0.15, 0.2) is 12.1 Å². The van der Waals surface area contributed by atoms with Crippen LogP contribution in [-0.2, 0) is 16.4 Å². The highest BCUT2D eigenvalue weighted by atomic mass is 32.2. The zero-order valence-electron chi connectivity index (χ0n) is 12.9. The summed E-state index contributed by atoms with van der Waals surface area (Å²) in [5.74, 6) is 2.17. The molecule has 0 fully saturated rings. The first-order valence-corrected chi connectivity index (χ1v) is 8.64. The largest absolute Gasteiger partial charge is 0.496 e. The number of nitrogens with one attached hydrogen (secondary N) is 1. The summed E-state index contributed by atoms with van der Waals surface area (Å²) in [4.78, 5) is 0. The summed E-state index contributed by atoms with van der Waals surface area (Å²) in [5.41, 5.74) is 0.875. The van der Waals surface area contributed by atoms with E-state index < -0.39 is 9.84 Å². The van der Waals surface area contributed by atoms with Crippen LogP contribution in [-0.4, -0.2) is 48.3 Å². The first-order chi connectivity index (χ1) is 9.91. The van der Waals surface area contributed by atoms with Crippen LogP contribution in [0.4, 0.5) is 0 Å². The number of methoxy groups -OCH3 is 3. The zero-order valence-corrected chi connectivity index (χ0v) is 13.7. The van der Waals surface area contributed by atoms with Gasteiger partial charge in [0.15, 0.2) is 0 Å². The Morgan fingerprint density at radius 1 is 1.05 bits per heavy atom. The molecule has 1 aromatic carbocycles. The Kier molecular flexibility index (Phi) is 6.77. The van der Waals surface area contributed by atoms with Gasteiger partial charge in [-0.05, 0) is 13.0 Å². The van der Waals surface area contributed by atoms with Crippen LogP contribution in [0.25, 0.3) is 0 Å². The minimum absolute atomic E-state index is 0.177. The molecule has 0 aliphatic carbocycles. The van der Waals surface area contributed by atoms with E-state index in [0.29, 0.717) is 36.8 Å². The number of hydrogen-bond donors (Lipinski definition) is 1. The van der Waals surface area contributed by atoms with Crippen molar-refractivity contribution in [3.63, 3.8) is 0 Å². The van der Waals surface area contributed by atoms with Gasteiger partial charge in [-0.25, -0.2) is 8.42 Å². The highest BCUT2D eigenvalue weighted by Crippen LogP contribution is 2.33. The maximum Gasteiger partial charge on any atom is 0.147 e. The van der Waals surface area contributed by atoms with Crippen molar-refractivity contribution in [2.45, 2.75) is 13.0 Å². The van der Waals surface area contributed by atoms with Crippen LogP contribution in [0.2, 0.25) is 0 Å². The third kappa shape index (κ3) is 5.81. The Morgan fingerprint density at radius 3 is 2.05 bits per heavy atom. The minimum Gasteiger partial charge on any atom is -0.496 e. The number of rotatable bonds is 9. The molecule has 0 saturated heterocycles. The quantitative estimate of drug-likeness (QED) is 0.691. The number of ether oxygens (including phenoxy) is 3. The first kappa shape index (κ1) is 17.6. The number of hydrogen-bond acceptors (Lipinski definition) is 6. The summed E-state index contributed by atoms with van der Waals surface area (Å²) >= 11 is 0. The Hall–Kier alpha value is -1.47. The van der Waals surface area contributed by atoms with Gasteiger partial charge >= 0.3 is 0 Å². The van der Waals surface area contributed by atoms with E-state index in [2.05, 4.69) is 5.32 Å². The molecule has 0 amide bonds. The molecule has 7 heteroatoms. The summed E-state index contributed by atoms with van der Waals surface area (Å²) in [6, 6.07) is 3.58. The highest BCUT2D eigenvalue weighted by Gasteiger charge is 2.12. The van der Waals surface area contributed by atoms with E-state index in [1.165, 1.54) is 6.26 Å². The molecule has 1 rings (SSSR count).